The van der Waals surface area contributed by atoms with Gasteiger partial charge in [-0.05, 0) is 55.5 Å². The van der Waals surface area contributed by atoms with Crippen molar-refractivity contribution < 1.29 is 18.0 Å². The summed E-state index contributed by atoms with van der Waals surface area (Å²) in [6, 6.07) is 16.3. The van der Waals surface area contributed by atoms with Gasteiger partial charge < -0.3 is 10.6 Å². The van der Waals surface area contributed by atoms with E-state index in [0.717, 1.165) is 27.5 Å². The summed E-state index contributed by atoms with van der Waals surface area (Å²) in [6.45, 7) is 1.78. The van der Waals surface area contributed by atoms with E-state index in [1.165, 1.54) is 11.1 Å². The fourth-order valence-electron chi connectivity index (χ4n) is 3.22. The van der Waals surface area contributed by atoms with Crippen LogP contribution in [0.1, 0.15) is 16.9 Å². The third kappa shape index (κ3) is 5.04. The van der Waals surface area contributed by atoms with Gasteiger partial charge in [-0.25, -0.2) is 22.9 Å². The minimum atomic E-state index is -3.94. The Hall–Kier alpha value is -3.70. The number of hydrogen-bond donors (Lipinski definition) is 3. The van der Waals surface area contributed by atoms with Gasteiger partial charge in [-0.3, -0.25) is 4.79 Å². The van der Waals surface area contributed by atoms with Gasteiger partial charge in [-0.15, -0.1) is 11.3 Å². The number of nitrogens with zero attached hydrogens (tertiary/aromatic N) is 2. The Morgan fingerprint density at radius 2 is 1.82 bits per heavy atom. The molecule has 170 valence electrons. The predicted octanol–water partition coefficient (Wildman–Crippen LogP) is 3.75. The number of amides is 3. The van der Waals surface area contributed by atoms with Gasteiger partial charge in [0.2, 0.25) is 0 Å². The minimum Gasteiger partial charge on any atom is -0.388 e. The summed E-state index contributed by atoms with van der Waals surface area (Å²) in [4.78, 5) is 25.5. The molecule has 0 radical (unpaired) electrons. The fourth-order valence-corrected chi connectivity index (χ4v) is 5.41. The van der Waals surface area contributed by atoms with Crippen molar-refractivity contribution in [1.82, 2.24) is 4.72 Å². The molecular weight excluding hydrogens is 462 g/mol. The smallest absolute Gasteiger partial charge is 0.333 e. The molecule has 0 saturated heterocycles. The molecule has 9 nitrogen and oxygen atoms in total. The number of carbonyl (C=O) groups is 2. The van der Waals surface area contributed by atoms with E-state index in [4.69, 9.17) is 0 Å². The highest BCUT2D eigenvalue weighted by Crippen LogP contribution is 2.25. The van der Waals surface area contributed by atoms with Crippen LogP contribution in [0.3, 0.4) is 0 Å². The normalized spacial score (nSPS) is 13.6. The molecule has 4 rings (SSSR count). The van der Waals surface area contributed by atoms with E-state index >= 15 is 0 Å². The van der Waals surface area contributed by atoms with Crippen molar-refractivity contribution in [3.05, 3.63) is 71.1 Å². The van der Waals surface area contributed by atoms with E-state index in [-0.39, 0.29) is 16.5 Å². The third-order valence-corrected chi connectivity index (χ3v) is 7.66. The van der Waals surface area contributed by atoms with Crippen LogP contribution in [-0.4, -0.2) is 33.1 Å². The number of thiophene rings is 1. The maximum absolute atomic E-state index is 12.5. The zero-order valence-corrected chi connectivity index (χ0v) is 19.5. The number of aryl methyl sites for hydroxylation is 1. The first-order valence-electron chi connectivity index (χ1n) is 9.94. The van der Waals surface area contributed by atoms with E-state index in [2.05, 4.69) is 15.7 Å². The maximum Gasteiger partial charge on any atom is 0.333 e. The van der Waals surface area contributed by atoms with Crippen molar-refractivity contribution in [2.45, 2.75) is 17.6 Å². The zero-order valence-electron chi connectivity index (χ0n) is 17.8. The fraction of sp³-hybridized carbons (Fsp3) is 0.136. The Bertz CT molecular complexity index is 1350. The van der Waals surface area contributed by atoms with Gasteiger partial charge in [0.1, 0.15) is 4.21 Å². The highest BCUT2D eigenvalue weighted by Gasteiger charge is 2.26. The Morgan fingerprint density at radius 3 is 2.48 bits per heavy atom. The summed E-state index contributed by atoms with van der Waals surface area (Å²) in [6.07, 6.45) is 0.176. The second-order valence-electron chi connectivity index (χ2n) is 7.23. The molecule has 1 aliphatic rings. The molecule has 0 atom stereocenters. The number of sulfonamides is 1. The number of rotatable bonds is 6. The Kier molecular flexibility index (Phi) is 6.16. The van der Waals surface area contributed by atoms with Gasteiger partial charge in [-0.2, -0.15) is 5.10 Å². The third-order valence-electron chi connectivity index (χ3n) is 4.84. The van der Waals surface area contributed by atoms with Crippen LogP contribution in [0.25, 0.3) is 0 Å². The number of hydrogen-bond acceptors (Lipinski definition) is 7. The molecule has 1 aliphatic heterocycles. The van der Waals surface area contributed by atoms with Crippen LogP contribution in [0.5, 0.6) is 0 Å². The predicted molar refractivity (Wildman–Crippen MR) is 129 cm³/mol. The summed E-state index contributed by atoms with van der Waals surface area (Å²) in [5.74, 6) is -0.171. The molecule has 2 aromatic carbocycles. The van der Waals surface area contributed by atoms with Gasteiger partial charge in [-0.1, -0.05) is 12.1 Å². The lowest BCUT2D eigenvalue weighted by Crippen LogP contribution is -2.33. The van der Waals surface area contributed by atoms with Crippen molar-refractivity contribution in [1.29, 1.82) is 0 Å². The molecule has 3 aromatic rings. The molecule has 1 aromatic heterocycles. The van der Waals surface area contributed by atoms with Gasteiger partial charge in [0.25, 0.3) is 15.9 Å². The summed E-state index contributed by atoms with van der Waals surface area (Å²) >= 11 is 1.08. The minimum absolute atomic E-state index is 0.0620. The van der Waals surface area contributed by atoms with Gasteiger partial charge in [0.15, 0.2) is 0 Å². The highest BCUT2D eigenvalue weighted by molar-refractivity contribution is 7.92. The van der Waals surface area contributed by atoms with Gasteiger partial charge in [0, 0.05) is 28.9 Å². The molecule has 0 bridgehead atoms. The molecule has 11 heteroatoms. The molecular formula is C22H21N5O4S2. The monoisotopic (exact) mass is 483 g/mol. The number of nitrogens with one attached hydrogen (secondary N) is 3. The van der Waals surface area contributed by atoms with Crippen molar-refractivity contribution in [3.63, 3.8) is 0 Å². The van der Waals surface area contributed by atoms with Crippen LogP contribution in [-0.2, 0) is 14.8 Å². The lowest BCUT2D eigenvalue weighted by Gasteiger charge is -2.13. The Balaban J connectivity index is 1.44. The Morgan fingerprint density at radius 1 is 1.06 bits per heavy atom. The topological polar surface area (TPSA) is 120 Å². The van der Waals surface area contributed by atoms with E-state index < -0.39 is 16.1 Å². The van der Waals surface area contributed by atoms with Crippen molar-refractivity contribution in [3.8, 4) is 0 Å². The molecule has 0 unspecified atom stereocenters. The summed E-state index contributed by atoms with van der Waals surface area (Å²) in [5.41, 5.74) is 3.34. The average Bonchev–Trinajstić information content (AvgIpc) is 3.40. The second-order valence-corrected chi connectivity index (χ2v) is 10.4. The maximum atomic E-state index is 12.5. The SMILES string of the molecule is CNc1cccc(C2=NN(c3ccc(NC(=O)NS(=O)(=O)c4ccc(C)s4)cc3)C(=O)C2)c1. The summed E-state index contributed by atoms with van der Waals surface area (Å²) in [7, 11) is -2.12. The first kappa shape index (κ1) is 22.5. The van der Waals surface area contributed by atoms with Crippen molar-refractivity contribution in [2.75, 3.05) is 22.7 Å². The van der Waals surface area contributed by atoms with Crippen molar-refractivity contribution >= 4 is 56.1 Å². The first-order valence-corrected chi connectivity index (χ1v) is 12.2. The number of anilines is 3. The Labute approximate surface area is 195 Å². The summed E-state index contributed by atoms with van der Waals surface area (Å²) in [5, 5.41) is 11.3. The highest BCUT2D eigenvalue weighted by atomic mass is 32.2. The second kappa shape index (κ2) is 9.04. The molecule has 0 spiro atoms. The van der Waals surface area contributed by atoms with Crippen LogP contribution in [0.4, 0.5) is 21.9 Å². The van der Waals surface area contributed by atoms with Crippen LogP contribution in [0.15, 0.2) is 70.0 Å². The number of carbonyl (C=O) groups excluding carboxylic acids is 2. The lowest BCUT2D eigenvalue weighted by molar-refractivity contribution is -0.116. The molecule has 0 saturated carbocycles. The van der Waals surface area contributed by atoms with Crippen LogP contribution >= 0.6 is 11.3 Å². The van der Waals surface area contributed by atoms with E-state index in [0.29, 0.717) is 17.1 Å². The molecule has 2 heterocycles. The largest absolute Gasteiger partial charge is 0.388 e. The first-order chi connectivity index (χ1) is 15.7. The zero-order chi connectivity index (χ0) is 23.6. The molecule has 0 aliphatic carbocycles. The molecule has 3 amide bonds. The average molecular weight is 484 g/mol. The summed E-state index contributed by atoms with van der Waals surface area (Å²) < 4.78 is 26.6. The molecule has 3 N–H and O–H groups in total. The van der Waals surface area contributed by atoms with Crippen LogP contribution in [0.2, 0.25) is 0 Å². The van der Waals surface area contributed by atoms with E-state index in [9.17, 15) is 18.0 Å². The van der Waals surface area contributed by atoms with Crippen LogP contribution < -0.4 is 20.4 Å². The van der Waals surface area contributed by atoms with Gasteiger partial charge >= 0.3 is 6.03 Å². The van der Waals surface area contributed by atoms with E-state index in [1.807, 2.05) is 36.0 Å². The number of urea groups is 1. The van der Waals surface area contributed by atoms with Crippen LogP contribution in [0, 0.1) is 6.92 Å². The van der Waals surface area contributed by atoms with Gasteiger partial charge in [0.05, 0.1) is 17.8 Å². The molecule has 0 fully saturated rings. The standard InChI is InChI=1S/C22H21N5O4S2/c1-14-6-11-21(32-14)33(30,31)26-22(29)24-16-7-9-18(10-8-16)27-20(28)13-19(25-27)15-4-3-5-17(12-15)23-2/h3-12,23H,13H2,1-2H3,(H2,24,26,29). The van der Waals surface area contributed by atoms with Crippen molar-refractivity contribution in [2.24, 2.45) is 5.10 Å². The lowest BCUT2D eigenvalue weighted by atomic mass is 10.1. The number of benzene rings is 2. The molecule has 33 heavy (non-hydrogen) atoms. The number of hydrazone groups is 1. The van der Waals surface area contributed by atoms with E-state index in [1.54, 1.807) is 37.3 Å². The quantitative estimate of drug-likeness (QED) is 0.493.